The van der Waals surface area contributed by atoms with Crippen molar-refractivity contribution in [2.75, 3.05) is 47.6 Å². The van der Waals surface area contributed by atoms with Crippen LogP contribution in [0, 0.1) is 5.92 Å². The third-order valence-corrected chi connectivity index (χ3v) is 4.86. The van der Waals surface area contributed by atoms with E-state index in [1.165, 1.54) is 0 Å². The molecule has 1 heterocycles. The first-order valence-corrected chi connectivity index (χ1v) is 9.76. The smallest absolute Gasteiger partial charge is 0.317 e. The van der Waals surface area contributed by atoms with Crippen LogP contribution in [0.1, 0.15) is 32.3 Å². The average Bonchev–Trinajstić information content (AvgIpc) is 3.11. The van der Waals surface area contributed by atoms with Crippen molar-refractivity contribution >= 4 is 11.9 Å². The Kier molecular flexibility index (Phi) is 7.73. The summed E-state index contributed by atoms with van der Waals surface area (Å²) in [6, 6.07) is 5.42. The molecule has 29 heavy (non-hydrogen) atoms. The fraction of sp³-hybridized carbons (Fsp3) is 0.619. The maximum atomic E-state index is 12.9. The molecule has 2 atom stereocenters. The van der Waals surface area contributed by atoms with Gasteiger partial charge in [-0.3, -0.25) is 4.79 Å². The molecule has 1 aliphatic rings. The summed E-state index contributed by atoms with van der Waals surface area (Å²) in [4.78, 5) is 27.4. The molecule has 1 saturated heterocycles. The predicted octanol–water partition coefficient (Wildman–Crippen LogP) is 1.99. The molecule has 1 aromatic rings. The van der Waals surface area contributed by atoms with E-state index in [-0.39, 0.29) is 23.4 Å². The number of ether oxygens (including phenoxy) is 3. The van der Waals surface area contributed by atoms with Gasteiger partial charge in [-0.1, -0.05) is 12.1 Å². The minimum atomic E-state index is -0.404. The van der Waals surface area contributed by atoms with Crippen molar-refractivity contribution in [1.29, 1.82) is 0 Å². The Morgan fingerprint density at radius 1 is 1.14 bits per heavy atom. The van der Waals surface area contributed by atoms with Crippen molar-refractivity contribution in [1.82, 2.24) is 15.5 Å². The van der Waals surface area contributed by atoms with Crippen molar-refractivity contribution in [3.8, 4) is 11.5 Å². The highest BCUT2D eigenvalue weighted by molar-refractivity contribution is 5.83. The Hall–Kier alpha value is -2.48. The highest BCUT2D eigenvalue weighted by Crippen LogP contribution is 2.42. The van der Waals surface area contributed by atoms with Gasteiger partial charge in [-0.05, 0) is 26.8 Å². The van der Waals surface area contributed by atoms with Crippen molar-refractivity contribution < 1.29 is 23.8 Å². The van der Waals surface area contributed by atoms with Gasteiger partial charge >= 0.3 is 6.03 Å². The summed E-state index contributed by atoms with van der Waals surface area (Å²) in [5.74, 6) is 0.462. The van der Waals surface area contributed by atoms with Crippen LogP contribution in [-0.2, 0) is 9.53 Å². The van der Waals surface area contributed by atoms with Gasteiger partial charge in [0.05, 0.1) is 26.7 Å². The lowest BCUT2D eigenvalue weighted by Crippen LogP contribution is -2.48. The number of hydrogen-bond donors (Lipinski definition) is 2. The normalized spacial score (nSPS) is 19.0. The topological polar surface area (TPSA) is 89.1 Å². The van der Waals surface area contributed by atoms with E-state index in [2.05, 4.69) is 10.6 Å². The number of hydrogen-bond acceptors (Lipinski definition) is 5. The van der Waals surface area contributed by atoms with E-state index in [0.29, 0.717) is 37.7 Å². The number of rotatable bonds is 7. The second kappa shape index (κ2) is 9.82. The number of nitrogens with zero attached hydrogens (tertiary/aromatic N) is 1. The zero-order valence-corrected chi connectivity index (χ0v) is 18.2. The second-order valence-electron chi connectivity index (χ2n) is 8.16. The molecule has 8 nitrogen and oxygen atoms in total. The van der Waals surface area contributed by atoms with Gasteiger partial charge in [0.15, 0.2) is 11.5 Å². The highest BCUT2D eigenvalue weighted by atomic mass is 16.5. The van der Waals surface area contributed by atoms with E-state index in [1.807, 2.05) is 39.0 Å². The largest absolute Gasteiger partial charge is 0.493 e. The summed E-state index contributed by atoms with van der Waals surface area (Å²) >= 11 is 0. The van der Waals surface area contributed by atoms with Crippen molar-refractivity contribution in [3.05, 3.63) is 23.8 Å². The molecule has 1 fully saturated rings. The van der Waals surface area contributed by atoms with Gasteiger partial charge in [0, 0.05) is 43.8 Å². The molecule has 1 aliphatic heterocycles. The molecule has 2 N–H and O–H groups in total. The molecule has 0 aliphatic carbocycles. The molecule has 0 saturated carbocycles. The van der Waals surface area contributed by atoms with Crippen LogP contribution in [0.15, 0.2) is 18.2 Å². The van der Waals surface area contributed by atoms with Crippen LogP contribution in [-0.4, -0.2) is 69.9 Å². The van der Waals surface area contributed by atoms with Crippen molar-refractivity contribution in [2.45, 2.75) is 32.2 Å². The van der Waals surface area contributed by atoms with E-state index < -0.39 is 5.92 Å². The Balaban J connectivity index is 2.33. The predicted molar refractivity (Wildman–Crippen MR) is 111 cm³/mol. The molecular formula is C21H33N3O5. The Labute approximate surface area is 172 Å². The molecule has 0 spiro atoms. The van der Waals surface area contributed by atoms with E-state index >= 15 is 0 Å². The average molecular weight is 408 g/mol. The minimum Gasteiger partial charge on any atom is -0.493 e. The lowest BCUT2D eigenvalue weighted by Gasteiger charge is -2.25. The summed E-state index contributed by atoms with van der Waals surface area (Å²) in [5, 5.41) is 5.88. The monoisotopic (exact) mass is 407 g/mol. The number of nitrogens with one attached hydrogen (secondary N) is 2. The molecule has 162 valence electrons. The summed E-state index contributed by atoms with van der Waals surface area (Å²) in [6.07, 6.45) is 0. The fourth-order valence-electron chi connectivity index (χ4n) is 3.56. The third kappa shape index (κ3) is 5.76. The van der Waals surface area contributed by atoms with Gasteiger partial charge in [-0.2, -0.15) is 0 Å². The summed E-state index contributed by atoms with van der Waals surface area (Å²) in [5.41, 5.74) is 0.490. The van der Waals surface area contributed by atoms with Crippen LogP contribution in [0.5, 0.6) is 11.5 Å². The van der Waals surface area contributed by atoms with Crippen LogP contribution >= 0.6 is 0 Å². The van der Waals surface area contributed by atoms with Crippen molar-refractivity contribution in [2.24, 2.45) is 5.92 Å². The summed E-state index contributed by atoms with van der Waals surface area (Å²) < 4.78 is 16.0. The van der Waals surface area contributed by atoms with E-state index in [0.717, 1.165) is 5.56 Å². The molecule has 2 rings (SSSR count). The molecule has 8 heteroatoms. The number of benzene rings is 1. The number of para-hydroxylation sites is 1. The van der Waals surface area contributed by atoms with E-state index in [9.17, 15) is 9.59 Å². The quantitative estimate of drug-likeness (QED) is 0.675. The SMILES string of the molecule is COCCNC(=O)[C@@H]1CN(C(=O)NC(C)(C)C)C[C@H]1c1cccc(OC)c1OC. The van der Waals surface area contributed by atoms with Crippen LogP contribution in [0.3, 0.4) is 0 Å². The number of likely N-dealkylation sites (tertiary alicyclic amines) is 1. The van der Waals surface area contributed by atoms with E-state index in [4.69, 9.17) is 14.2 Å². The number of urea groups is 1. The fourth-order valence-corrected chi connectivity index (χ4v) is 3.56. The first-order valence-electron chi connectivity index (χ1n) is 9.76. The summed E-state index contributed by atoms with van der Waals surface area (Å²) in [6.45, 7) is 7.37. The number of amides is 3. The van der Waals surface area contributed by atoms with Crippen LogP contribution in [0.4, 0.5) is 4.79 Å². The maximum absolute atomic E-state index is 12.9. The number of carbonyl (C=O) groups is 2. The first kappa shape index (κ1) is 22.8. The maximum Gasteiger partial charge on any atom is 0.317 e. The molecule has 1 aromatic carbocycles. The van der Waals surface area contributed by atoms with Gasteiger partial charge < -0.3 is 29.7 Å². The lowest BCUT2D eigenvalue weighted by molar-refractivity contribution is -0.125. The molecule has 0 radical (unpaired) electrons. The zero-order valence-electron chi connectivity index (χ0n) is 18.2. The first-order chi connectivity index (χ1) is 13.7. The Bertz CT molecular complexity index is 717. The van der Waals surface area contributed by atoms with Crippen molar-refractivity contribution in [3.63, 3.8) is 0 Å². The number of methoxy groups -OCH3 is 3. The van der Waals surface area contributed by atoms with Crippen LogP contribution < -0.4 is 20.1 Å². The molecule has 0 bridgehead atoms. The van der Waals surface area contributed by atoms with Crippen LogP contribution in [0.25, 0.3) is 0 Å². The van der Waals surface area contributed by atoms with Gasteiger partial charge in [-0.15, -0.1) is 0 Å². The standard InChI is InChI=1S/C21H33N3O5/c1-21(2,3)23-20(26)24-12-15(16(13-24)19(25)22-10-11-27-4)14-8-7-9-17(28-5)18(14)29-6/h7-9,15-16H,10-13H2,1-6H3,(H,22,25)(H,23,26)/t15-,16+/m0/s1. The molecular weight excluding hydrogens is 374 g/mol. The van der Waals surface area contributed by atoms with Gasteiger partial charge in [0.1, 0.15) is 0 Å². The zero-order chi connectivity index (χ0) is 21.6. The summed E-state index contributed by atoms with van der Waals surface area (Å²) in [7, 11) is 4.74. The molecule has 0 aromatic heterocycles. The Morgan fingerprint density at radius 2 is 1.86 bits per heavy atom. The Morgan fingerprint density at radius 3 is 2.45 bits per heavy atom. The number of carbonyl (C=O) groups excluding carboxylic acids is 2. The third-order valence-electron chi connectivity index (χ3n) is 4.86. The van der Waals surface area contributed by atoms with Gasteiger partial charge in [-0.25, -0.2) is 4.79 Å². The van der Waals surface area contributed by atoms with E-state index in [1.54, 1.807) is 26.2 Å². The second-order valence-corrected chi connectivity index (χ2v) is 8.16. The lowest BCUT2D eigenvalue weighted by atomic mass is 9.87. The highest BCUT2D eigenvalue weighted by Gasteiger charge is 2.42. The van der Waals surface area contributed by atoms with Crippen LogP contribution in [0.2, 0.25) is 0 Å². The minimum absolute atomic E-state index is 0.108. The van der Waals surface area contributed by atoms with Gasteiger partial charge in [0.2, 0.25) is 5.91 Å². The molecule has 3 amide bonds. The molecule has 0 unspecified atom stereocenters. The van der Waals surface area contributed by atoms with Gasteiger partial charge in [0.25, 0.3) is 0 Å².